The molecule has 8 heteroatoms. The summed E-state index contributed by atoms with van der Waals surface area (Å²) in [5.74, 6) is 0. The molecule has 1 aromatic rings. The number of nitrogens with zero attached hydrogens (tertiary/aromatic N) is 2. The lowest BCUT2D eigenvalue weighted by Crippen LogP contribution is -2.29. The van der Waals surface area contributed by atoms with Gasteiger partial charge in [0, 0.05) is 26.0 Å². The van der Waals surface area contributed by atoms with E-state index in [1.54, 1.807) is 6.08 Å². The molecule has 0 aliphatic rings. The maximum atomic E-state index is 12.9. The molecule has 118 valence electrons. The van der Waals surface area contributed by atoms with E-state index in [0.29, 0.717) is 12.5 Å². The molecule has 0 saturated carbocycles. The zero-order valence-electron chi connectivity index (χ0n) is 11.8. The Morgan fingerprint density at radius 3 is 2.57 bits per heavy atom. The van der Waals surface area contributed by atoms with Crippen LogP contribution < -0.4 is 0 Å². The van der Waals surface area contributed by atoms with Gasteiger partial charge in [0.2, 0.25) is 10.0 Å². The van der Waals surface area contributed by atoms with Crippen molar-refractivity contribution in [1.82, 2.24) is 9.29 Å². The first kappa shape index (κ1) is 17.6. The largest absolute Gasteiger partial charge is 0.417 e. The van der Waals surface area contributed by atoms with Crippen LogP contribution in [0.25, 0.3) is 0 Å². The molecule has 0 atom stereocenters. The summed E-state index contributed by atoms with van der Waals surface area (Å²) in [7, 11) is -2.97. The number of halogens is 3. The molecular weight excluding hydrogens is 305 g/mol. The zero-order valence-corrected chi connectivity index (χ0v) is 12.6. The Hall–Kier alpha value is -1.41. The highest BCUT2D eigenvalue weighted by Crippen LogP contribution is 2.34. The lowest BCUT2D eigenvalue weighted by atomic mass is 10.3. The van der Waals surface area contributed by atoms with Gasteiger partial charge in [0.1, 0.15) is 4.90 Å². The third kappa shape index (κ3) is 4.53. The summed E-state index contributed by atoms with van der Waals surface area (Å²) in [6.45, 7) is 2.03. The first-order chi connectivity index (χ1) is 9.71. The average Bonchev–Trinajstić information content (AvgIpc) is 2.42. The van der Waals surface area contributed by atoms with E-state index in [4.69, 9.17) is 0 Å². The summed E-state index contributed by atoms with van der Waals surface area (Å²) in [4.78, 5) is 2.68. The summed E-state index contributed by atoms with van der Waals surface area (Å²) < 4.78 is 64.0. The second-order valence-corrected chi connectivity index (χ2v) is 6.38. The van der Waals surface area contributed by atoms with Crippen molar-refractivity contribution in [1.29, 1.82) is 0 Å². The van der Waals surface area contributed by atoms with E-state index in [0.717, 1.165) is 23.1 Å². The van der Waals surface area contributed by atoms with Crippen LogP contribution in [-0.4, -0.2) is 31.3 Å². The Morgan fingerprint density at radius 1 is 1.33 bits per heavy atom. The molecule has 4 nitrogen and oxygen atoms in total. The Balaban J connectivity index is 3.06. The second kappa shape index (κ2) is 7.04. The van der Waals surface area contributed by atoms with Crippen molar-refractivity contribution in [2.45, 2.75) is 30.8 Å². The summed E-state index contributed by atoms with van der Waals surface area (Å²) >= 11 is 0. The van der Waals surface area contributed by atoms with Gasteiger partial charge in [-0.3, -0.25) is 4.98 Å². The molecule has 0 aliphatic carbocycles. The van der Waals surface area contributed by atoms with Crippen LogP contribution >= 0.6 is 0 Å². The maximum Gasteiger partial charge on any atom is 0.417 e. The fourth-order valence-electron chi connectivity index (χ4n) is 1.65. The summed E-state index contributed by atoms with van der Waals surface area (Å²) in [5.41, 5.74) is -1.20. The van der Waals surface area contributed by atoms with Gasteiger partial charge in [-0.2, -0.15) is 13.2 Å². The third-order valence-electron chi connectivity index (χ3n) is 2.79. The molecule has 1 aromatic heterocycles. The zero-order chi connectivity index (χ0) is 16.1. The van der Waals surface area contributed by atoms with Crippen LogP contribution in [0.2, 0.25) is 0 Å². The molecule has 1 heterocycles. The minimum atomic E-state index is -4.74. The fourth-order valence-corrected chi connectivity index (χ4v) is 2.99. The van der Waals surface area contributed by atoms with Crippen molar-refractivity contribution in [3.63, 3.8) is 0 Å². The van der Waals surface area contributed by atoms with Gasteiger partial charge in [0.25, 0.3) is 0 Å². The van der Waals surface area contributed by atoms with E-state index >= 15 is 0 Å². The van der Waals surface area contributed by atoms with Gasteiger partial charge in [-0.15, -0.1) is 0 Å². The highest BCUT2D eigenvalue weighted by molar-refractivity contribution is 7.89. The second-order valence-electron chi connectivity index (χ2n) is 4.36. The molecule has 0 aliphatic heterocycles. The number of rotatable bonds is 6. The molecule has 21 heavy (non-hydrogen) atoms. The van der Waals surface area contributed by atoms with Crippen LogP contribution in [-0.2, 0) is 16.2 Å². The molecule has 0 spiro atoms. The summed E-state index contributed by atoms with van der Waals surface area (Å²) in [6, 6.07) is 0.664. The highest BCUT2D eigenvalue weighted by atomic mass is 32.2. The topological polar surface area (TPSA) is 50.3 Å². The SMILES string of the molecule is CC/C=C/CCN(C)S(=O)(=O)c1cnccc1C(F)(F)F. The monoisotopic (exact) mass is 322 g/mol. The van der Waals surface area contributed by atoms with E-state index in [-0.39, 0.29) is 6.54 Å². The van der Waals surface area contributed by atoms with E-state index in [1.165, 1.54) is 7.05 Å². The van der Waals surface area contributed by atoms with Crippen LogP contribution in [0.4, 0.5) is 13.2 Å². The third-order valence-corrected chi connectivity index (χ3v) is 4.68. The van der Waals surface area contributed by atoms with Crippen molar-refractivity contribution in [3.8, 4) is 0 Å². The maximum absolute atomic E-state index is 12.9. The molecule has 0 unspecified atom stereocenters. The minimum Gasteiger partial charge on any atom is -0.263 e. The van der Waals surface area contributed by atoms with E-state index in [1.807, 2.05) is 13.0 Å². The quantitative estimate of drug-likeness (QED) is 0.756. The van der Waals surface area contributed by atoms with Crippen LogP contribution in [0.15, 0.2) is 35.5 Å². The fraction of sp³-hybridized carbons (Fsp3) is 0.462. The predicted molar refractivity (Wildman–Crippen MR) is 73.1 cm³/mol. The van der Waals surface area contributed by atoms with Gasteiger partial charge in [0.05, 0.1) is 5.56 Å². The molecule has 0 radical (unpaired) electrons. The van der Waals surface area contributed by atoms with Gasteiger partial charge in [-0.25, -0.2) is 12.7 Å². The first-order valence-electron chi connectivity index (χ1n) is 6.33. The van der Waals surface area contributed by atoms with Crippen molar-refractivity contribution >= 4 is 10.0 Å². The number of pyridine rings is 1. The molecule has 0 saturated heterocycles. The van der Waals surface area contributed by atoms with Gasteiger partial charge in [-0.1, -0.05) is 19.1 Å². The number of hydrogen-bond acceptors (Lipinski definition) is 3. The summed E-state index contributed by atoms with van der Waals surface area (Å²) in [6.07, 6.45) is 1.82. The molecule has 0 fully saturated rings. The lowest BCUT2D eigenvalue weighted by molar-refractivity contribution is -0.140. The van der Waals surface area contributed by atoms with Crippen molar-refractivity contribution in [3.05, 3.63) is 36.2 Å². The van der Waals surface area contributed by atoms with E-state index in [9.17, 15) is 21.6 Å². The van der Waals surface area contributed by atoms with Gasteiger partial charge < -0.3 is 0 Å². The predicted octanol–water partition coefficient (Wildman–Crippen LogP) is 3.08. The Morgan fingerprint density at radius 2 is 2.00 bits per heavy atom. The number of allylic oxidation sites excluding steroid dienone is 1. The van der Waals surface area contributed by atoms with Gasteiger partial charge in [-0.05, 0) is 18.9 Å². The van der Waals surface area contributed by atoms with Crippen LogP contribution in [0.3, 0.4) is 0 Å². The van der Waals surface area contributed by atoms with Crippen LogP contribution in [0.1, 0.15) is 25.3 Å². The van der Waals surface area contributed by atoms with Crippen LogP contribution in [0, 0.1) is 0 Å². The van der Waals surface area contributed by atoms with Crippen molar-refractivity contribution in [2.75, 3.05) is 13.6 Å². The molecule has 1 rings (SSSR count). The number of hydrogen-bond donors (Lipinski definition) is 0. The minimum absolute atomic E-state index is 0.102. The van der Waals surface area contributed by atoms with E-state index in [2.05, 4.69) is 4.98 Å². The van der Waals surface area contributed by atoms with Crippen molar-refractivity contribution < 1.29 is 21.6 Å². The Labute approximate surface area is 122 Å². The normalized spacial score (nSPS) is 13.2. The standard InChI is InChI=1S/C13H17F3N2O2S/c1-3-4-5-6-9-18(2)21(19,20)12-10-17-8-7-11(12)13(14,15)16/h4-5,7-8,10H,3,6,9H2,1-2H3/b5-4+. The molecular formula is C13H17F3N2O2S. The Kier molecular flexibility index (Phi) is 5.91. The van der Waals surface area contributed by atoms with Crippen LogP contribution in [0.5, 0.6) is 0 Å². The molecule has 0 N–H and O–H groups in total. The highest BCUT2D eigenvalue weighted by Gasteiger charge is 2.38. The molecule has 0 aromatic carbocycles. The Bertz CT molecular complexity index is 598. The van der Waals surface area contributed by atoms with Gasteiger partial charge in [0.15, 0.2) is 0 Å². The van der Waals surface area contributed by atoms with E-state index < -0.39 is 26.7 Å². The smallest absolute Gasteiger partial charge is 0.263 e. The molecule has 0 amide bonds. The molecule has 0 bridgehead atoms. The first-order valence-corrected chi connectivity index (χ1v) is 7.77. The lowest BCUT2D eigenvalue weighted by Gasteiger charge is -2.19. The summed E-state index contributed by atoms with van der Waals surface area (Å²) in [5, 5.41) is 0. The number of sulfonamides is 1. The van der Waals surface area contributed by atoms with Crippen molar-refractivity contribution in [2.24, 2.45) is 0 Å². The average molecular weight is 322 g/mol. The van der Waals surface area contributed by atoms with Gasteiger partial charge >= 0.3 is 6.18 Å². The number of aromatic nitrogens is 1. The number of alkyl halides is 3.